The summed E-state index contributed by atoms with van der Waals surface area (Å²) >= 11 is 7.46. The van der Waals surface area contributed by atoms with Gasteiger partial charge in [-0.15, -0.1) is 11.8 Å². The summed E-state index contributed by atoms with van der Waals surface area (Å²) in [6, 6.07) is 13.6. The van der Waals surface area contributed by atoms with Gasteiger partial charge in [-0.25, -0.2) is 8.42 Å². The standard InChI is InChI=1S/C22H25ClN2O5S2/c23-19-11-10-18(32(28,29)25-12-6-1-2-7-13-25)14-20(19)24-21(26)15-30-22(27)16-31-17-8-4-3-5-9-17/h3-5,8-11,14H,1-2,6-7,12-13,15-16H2,(H,24,26). The highest BCUT2D eigenvalue weighted by molar-refractivity contribution is 8.00. The number of rotatable bonds is 8. The number of carbonyl (C=O) groups is 2. The number of hydrogen-bond donors (Lipinski definition) is 1. The molecule has 32 heavy (non-hydrogen) atoms. The Kier molecular flexibility index (Phi) is 8.98. The van der Waals surface area contributed by atoms with Crippen LogP contribution in [-0.4, -0.2) is 50.0 Å². The van der Waals surface area contributed by atoms with Crippen LogP contribution in [0.1, 0.15) is 25.7 Å². The first-order valence-corrected chi connectivity index (χ1v) is 13.1. The van der Waals surface area contributed by atoms with Crippen LogP contribution in [0, 0.1) is 0 Å². The van der Waals surface area contributed by atoms with Crippen LogP contribution in [-0.2, 0) is 24.3 Å². The molecule has 2 aromatic rings. The van der Waals surface area contributed by atoms with Crippen molar-refractivity contribution in [1.29, 1.82) is 0 Å². The van der Waals surface area contributed by atoms with Crippen LogP contribution in [0.4, 0.5) is 5.69 Å². The Labute approximate surface area is 197 Å². The molecule has 0 bridgehead atoms. The van der Waals surface area contributed by atoms with Crippen LogP contribution in [0.3, 0.4) is 0 Å². The van der Waals surface area contributed by atoms with Crippen molar-refractivity contribution in [2.75, 3.05) is 30.8 Å². The molecule has 1 aliphatic rings. The minimum atomic E-state index is -3.68. The number of thioether (sulfide) groups is 1. The summed E-state index contributed by atoms with van der Waals surface area (Å²) in [7, 11) is -3.68. The Morgan fingerprint density at radius 1 is 1.03 bits per heavy atom. The maximum atomic E-state index is 13.0. The van der Waals surface area contributed by atoms with Crippen LogP contribution >= 0.6 is 23.4 Å². The third kappa shape index (κ3) is 6.96. The number of benzene rings is 2. The molecule has 2 aromatic carbocycles. The van der Waals surface area contributed by atoms with Gasteiger partial charge in [0.25, 0.3) is 5.91 Å². The number of hydrogen-bond acceptors (Lipinski definition) is 6. The van der Waals surface area contributed by atoms with Gasteiger partial charge in [-0.1, -0.05) is 42.6 Å². The van der Waals surface area contributed by atoms with E-state index in [2.05, 4.69) is 5.32 Å². The summed E-state index contributed by atoms with van der Waals surface area (Å²) < 4.78 is 32.5. The number of ether oxygens (including phenoxy) is 1. The zero-order valence-corrected chi connectivity index (χ0v) is 19.8. The van der Waals surface area contributed by atoms with Crippen molar-refractivity contribution in [3.05, 3.63) is 53.6 Å². The van der Waals surface area contributed by atoms with Crippen molar-refractivity contribution in [3.63, 3.8) is 0 Å². The quantitative estimate of drug-likeness (QED) is 0.435. The molecule has 0 unspecified atom stereocenters. The van der Waals surface area contributed by atoms with Gasteiger partial charge in [-0.2, -0.15) is 4.31 Å². The molecular weight excluding hydrogens is 472 g/mol. The summed E-state index contributed by atoms with van der Waals surface area (Å²) in [5, 5.41) is 2.72. The van der Waals surface area contributed by atoms with E-state index in [4.69, 9.17) is 16.3 Å². The van der Waals surface area contributed by atoms with E-state index in [1.54, 1.807) is 0 Å². The molecule has 0 saturated carbocycles. The van der Waals surface area contributed by atoms with Gasteiger partial charge in [-0.3, -0.25) is 9.59 Å². The van der Waals surface area contributed by atoms with Gasteiger partial charge in [0.05, 0.1) is 21.4 Å². The molecule has 1 aliphatic heterocycles. The van der Waals surface area contributed by atoms with Gasteiger partial charge in [0.15, 0.2) is 6.61 Å². The van der Waals surface area contributed by atoms with E-state index < -0.39 is 28.5 Å². The molecule has 0 atom stereocenters. The maximum Gasteiger partial charge on any atom is 0.316 e. The van der Waals surface area contributed by atoms with Gasteiger partial charge in [0.1, 0.15) is 0 Å². The van der Waals surface area contributed by atoms with Crippen LogP contribution in [0.5, 0.6) is 0 Å². The van der Waals surface area contributed by atoms with E-state index in [0.717, 1.165) is 30.6 Å². The lowest BCUT2D eigenvalue weighted by Gasteiger charge is -2.20. The number of anilines is 1. The lowest BCUT2D eigenvalue weighted by molar-refractivity contribution is -0.144. The Hall–Kier alpha value is -2.07. The molecule has 1 fully saturated rings. The Morgan fingerprint density at radius 2 is 1.72 bits per heavy atom. The molecule has 1 saturated heterocycles. The van der Waals surface area contributed by atoms with E-state index in [1.807, 2.05) is 30.3 Å². The summed E-state index contributed by atoms with van der Waals surface area (Å²) in [4.78, 5) is 25.1. The molecule has 7 nitrogen and oxygen atoms in total. The first-order chi connectivity index (χ1) is 15.4. The average Bonchev–Trinajstić information content (AvgIpc) is 3.08. The van der Waals surface area contributed by atoms with Crippen LogP contribution in [0.25, 0.3) is 0 Å². The van der Waals surface area contributed by atoms with Crippen molar-refractivity contribution in [2.24, 2.45) is 0 Å². The number of carbonyl (C=O) groups excluding carboxylic acids is 2. The van der Waals surface area contributed by atoms with Crippen molar-refractivity contribution in [1.82, 2.24) is 4.31 Å². The van der Waals surface area contributed by atoms with Crippen molar-refractivity contribution in [3.8, 4) is 0 Å². The molecule has 1 amide bonds. The first-order valence-electron chi connectivity index (χ1n) is 10.3. The maximum absolute atomic E-state index is 13.0. The number of nitrogens with one attached hydrogen (secondary N) is 1. The second-order valence-electron chi connectivity index (χ2n) is 7.27. The second-order valence-corrected chi connectivity index (χ2v) is 10.7. The predicted molar refractivity (Wildman–Crippen MR) is 125 cm³/mol. The largest absolute Gasteiger partial charge is 0.455 e. The van der Waals surface area contributed by atoms with E-state index in [1.165, 1.54) is 34.3 Å². The molecule has 0 aliphatic carbocycles. The van der Waals surface area contributed by atoms with E-state index in [0.29, 0.717) is 13.1 Å². The molecule has 172 valence electrons. The summed E-state index contributed by atoms with van der Waals surface area (Å²) in [6.45, 7) is 0.459. The van der Waals surface area contributed by atoms with E-state index in [9.17, 15) is 18.0 Å². The van der Waals surface area contributed by atoms with Gasteiger partial charge in [0, 0.05) is 18.0 Å². The minimum absolute atomic E-state index is 0.0651. The summed E-state index contributed by atoms with van der Waals surface area (Å²) in [5.74, 6) is -1.06. The average molecular weight is 497 g/mol. The zero-order valence-electron chi connectivity index (χ0n) is 17.5. The fourth-order valence-corrected chi connectivity index (χ4v) is 5.65. The molecule has 0 spiro atoms. The molecule has 0 aromatic heterocycles. The highest BCUT2D eigenvalue weighted by atomic mass is 35.5. The van der Waals surface area contributed by atoms with Gasteiger partial charge < -0.3 is 10.1 Å². The van der Waals surface area contributed by atoms with Crippen LogP contribution in [0.15, 0.2) is 58.3 Å². The Bertz CT molecular complexity index is 1040. The third-order valence-electron chi connectivity index (χ3n) is 4.88. The highest BCUT2D eigenvalue weighted by Gasteiger charge is 2.26. The number of halogens is 1. The normalized spacial score (nSPS) is 15.0. The highest BCUT2D eigenvalue weighted by Crippen LogP contribution is 2.28. The zero-order chi connectivity index (χ0) is 23.0. The minimum Gasteiger partial charge on any atom is -0.455 e. The molecular formula is C22H25ClN2O5S2. The van der Waals surface area contributed by atoms with E-state index in [-0.39, 0.29) is 21.4 Å². The fraction of sp³-hybridized carbons (Fsp3) is 0.364. The molecule has 1 heterocycles. The Morgan fingerprint density at radius 3 is 2.41 bits per heavy atom. The predicted octanol–water partition coefficient (Wildman–Crippen LogP) is 4.18. The molecule has 1 N–H and O–H groups in total. The van der Waals surface area contributed by atoms with Crippen LogP contribution < -0.4 is 5.32 Å². The first kappa shape index (κ1) is 24.6. The lowest BCUT2D eigenvalue weighted by Crippen LogP contribution is -2.32. The smallest absolute Gasteiger partial charge is 0.316 e. The van der Waals surface area contributed by atoms with Gasteiger partial charge in [-0.05, 0) is 43.2 Å². The number of esters is 1. The van der Waals surface area contributed by atoms with Gasteiger partial charge in [0.2, 0.25) is 10.0 Å². The van der Waals surface area contributed by atoms with Crippen molar-refractivity contribution < 1.29 is 22.7 Å². The monoisotopic (exact) mass is 496 g/mol. The number of amides is 1. The molecule has 0 radical (unpaired) electrons. The number of nitrogens with zero attached hydrogens (tertiary/aromatic N) is 1. The lowest BCUT2D eigenvalue weighted by atomic mass is 10.2. The number of sulfonamides is 1. The second kappa shape index (κ2) is 11.7. The molecule has 3 rings (SSSR count). The Balaban J connectivity index is 1.57. The van der Waals surface area contributed by atoms with Crippen molar-refractivity contribution >= 4 is 50.9 Å². The molecule has 10 heteroatoms. The summed E-state index contributed by atoms with van der Waals surface area (Å²) in [5.41, 5.74) is 0.155. The SMILES string of the molecule is O=C(COC(=O)CSc1ccccc1)Nc1cc(S(=O)(=O)N2CCCCCC2)ccc1Cl. The van der Waals surface area contributed by atoms with E-state index >= 15 is 0 Å². The van der Waals surface area contributed by atoms with Crippen LogP contribution in [0.2, 0.25) is 5.02 Å². The topological polar surface area (TPSA) is 92.8 Å². The summed E-state index contributed by atoms with van der Waals surface area (Å²) in [6.07, 6.45) is 3.67. The fourth-order valence-electron chi connectivity index (χ4n) is 3.22. The van der Waals surface area contributed by atoms with Crippen molar-refractivity contribution in [2.45, 2.75) is 35.5 Å². The third-order valence-corrected chi connectivity index (χ3v) is 8.09. The van der Waals surface area contributed by atoms with Gasteiger partial charge >= 0.3 is 5.97 Å².